The Morgan fingerprint density at radius 1 is 0.971 bits per heavy atom. The van der Waals surface area contributed by atoms with E-state index in [1.807, 2.05) is 4.72 Å². The molecule has 1 amide bonds. The van der Waals surface area contributed by atoms with Gasteiger partial charge < -0.3 is 5.73 Å². The zero-order valence-electron chi connectivity index (χ0n) is 17.7. The molecule has 1 atom stereocenters. The van der Waals surface area contributed by atoms with E-state index in [0.29, 0.717) is 11.1 Å². The van der Waals surface area contributed by atoms with E-state index in [-0.39, 0.29) is 28.7 Å². The van der Waals surface area contributed by atoms with Crippen LogP contribution in [0.15, 0.2) is 77.7 Å². The molecule has 1 unspecified atom stereocenters. The molecule has 0 radical (unpaired) electrons. The Balaban J connectivity index is 1.76. The number of hydrogen-bond acceptors (Lipinski definition) is 6. The number of nitrogens with one attached hydrogen (secondary N) is 1. The summed E-state index contributed by atoms with van der Waals surface area (Å²) < 4.78 is 40.9. The van der Waals surface area contributed by atoms with E-state index >= 15 is 0 Å². The van der Waals surface area contributed by atoms with Gasteiger partial charge in [-0.25, -0.2) is 17.5 Å². The summed E-state index contributed by atoms with van der Waals surface area (Å²) >= 11 is 0. The highest BCUT2D eigenvalue weighted by molar-refractivity contribution is 7.90. The molecular formula is C25H19FN2O5S. The SMILES string of the molecule is NC(Cc1ccccc1S(=O)(=O)NC(=O)c1ccc(C#Cc2cccc(F)c2)cc1)C(=O)C=O. The van der Waals surface area contributed by atoms with Crippen molar-refractivity contribution in [2.45, 2.75) is 17.4 Å². The summed E-state index contributed by atoms with van der Waals surface area (Å²) in [6.07, 6.45) is -0.114. The van der Waals surface area contributed by atoms with Crippen molar-refractivity contribution in [1.82, 2.24) is 4.72 Å². The molecule has 3 rings (SSSR count). The Kier molecular flexibility index (Phi) is 7.68. The molecule has 0 saturated heterocycles. The maximum atomic E-state index is 13.2. The number of Topliss-reactive ketones (excluding diaryl/α,β-unsaturated/α-hetero) is 1. The highest BCUT2D eigenvalue weighted by Gasteiger charge is 2.24. The molecule has 9 heteroatoms. The second-order valence-electron chi connectivity index (χ2n) is 7.21. The van der Waals surface area contributed by atoms with Gasteiger partial charge in [0.05, 0.1) is 10.9 Å². The second-order valence-corrected chi connectivity index (χ2v) is 8.86. The van der Waals surface area contributed by atoms with Crippen LogP contribution in [0.25, 0.3) is 0 Å². The van der Waals surface area contributed by atoms with Gasteiger partial charge in [-0.05, 0) is 60.5 Å². The van der Waals surface area contributed by atoms with E-state index in [0.717, 1.165) is 0 Å². The van der Waals surface area contributed by atoms with E-state index in [4.69, 9.17) is 5.73 Å². The summed E-state index contributed by atoms with van der Waals surface area (Å²) in [4.78, 5) is 34.4. The standard InChI is InChI=1S/C25H19FN2O5S/c26-21-6-3-4-18(14-21)9-8-17-10-12-19(13-11-17)25(31)28-34(32,33)24-7-2-1-5-20(24)15-22(27)23(30)16-29/h1-7,10-14,16,22H,15,27H2,(H,28,31). The lowest BCUT2D eigenvalue weighted by Gasteiger charge is -2.13. The molecule has 3 aromatic carbocycles. The van der Waals surface area contributed by atoms with Gasteiger partial charge in [0.2, 0.25) is 5.78 Å². The molecule has 3 aromatic rings. The number of carbonyl (C=O) groups is 3. The maximum Gasteiger partial charge on any atom is 0.264 e. The highest BCUT2D eigenvalue weighted by Crippen LogP contribution is 2.18. The lowest BCUT2D eigenvalue weighted by atomic mass is 10.0. The van der Waals surface area contributed by atoms with Crippen molar-refractivity contribution in [2.75, 3.05) is 0 Å². The first kappa shape index (κ1) is 24.5. The van der Waals surface area contributed by atoms with Crippen molar-refractivity contribution in [3.63, 3.8) is 0 Å². The lowest BCUT2D eigenvalue weighted by Crippen LogP contribution is -2.35. The van der Waals surface area contributed by atoms with Gasteiger partial charge in [-0.1, -0.05) is 36.1 Å². The fourth-order valence-electron chi connectivity index (χ4n) is 3.01. The molecule has 0 heterocycles. The smallest absolute Gasteiger partial charge is 0.264 e. The zero-order chi connectivity index (χ0) is 24.7. The van der Waals surface area contributed by atoms with Gasteiger partial charge in [0, 0.05) is 16.7 Å². The van der Waals surface area contributed by atoms with Gasteiger partial charge >= 0.3 is 0 Å². The molecule has 0 saturated carbocycles. The number of hydrogen-bond donors (Lipinski definition) is 2. The topological polar surface area (TPSA) is 123 Å². The molecule has 0 aliphatic rings. The van der Waals surface area contributed by atoms with Crippen molar-refractivity contribution >= 4 is 28.0 Å². The van der Waals surface area contributed by atoms with Gasteiger partial charge in [0.1, 0.15) is 5.82 Å². The summed E-state index contributed by atoms with van der Waals surface area (Å²) in [5.74, 6) is 3.50. The van der Waals surface area contributed by atoms with Crippen LogP contribution in [0.1, 0.15) is 27.0 Å². The van der Waals surface area contributed by atoms with Crippen molar-refractivity contribution < 1.29 is 27.2 Å². The maximum absolute atomic E-state index is 13.2. The number of nitrogens with two attached hydrogens (primary N) is 1. The monoisotopic (exact) mass is 478 g/mol. The molecule has 0 aliphatic heterocycles. The lowest BCUT2D eigenvalue weighted by molar-refractivity contribution is -0.130. The molecular weight excluding hydrogens is 459 g/mol. The molecule has 0 fully saturated rings. The van der Waals surface area contributed by atoms with Crippen LogP contribution >= 0.6 is 0 Å². The average Bonchev–Trinajstić information content (AvgIpc) is 2.82. The number of rotatable bonds is 7. The third kappa shape index (κ3) is 6.22. The van der Waals surface area contributed by atoms with Gasteiger partial charge in [-0.3, -0.25) is 14.4 Å². The normalized spacial score (nSPS) is 11.6. The Bertz CT molecular complexity index is 1410. The summed E-state index contributed by atoms with van der Waals surface area (Å²) in [7, 11) is -4.30. The van der Waals surface area contributed by atoms with E-state index in [1.165, 1.54) is 54.6 Å². The number of halogens is 1. The number of sulfonamides is 1. The Morgan fingerprint density at radius 2 is 1.65 bits per heavy atom. The molecule has 0 spiro atoms. The second kappa shape index (κ2) is 10.7. The minimum atomic E-state index is -4.30. The molecule has 7 nitrogen and oxygen atoms in total. The summed E-state index contributed by atoms with van der Waals surface area (Å²) in [6.45, 7) is 0. The van der Waals surface area contributed by atoms with Crippen LogP contribution in [0, 0.1) is 17.7 Å². The van der Waals surface area contributed by atoms with Crippen molar-refractivity contribution in [1.29, 1.82) is 0 Å². The number of amides is 1. The predicted octanol–water partition coefficient (Wildman–Crippen LogP) is 1.98. The van der Waals surface area contributed by atoms with Crippen LogP contribution in [0.4, 0.5) is 4.39 Å². The molecule has 172 valence electrons. The Labute approximate surface area is 195 Å². The van der Waals surface area contributed by atoms with Gasteiger partial charge in [0.25, 0.3) is 15.9 Å². The molecule has 0 bridgehead atoms. The van der Waals surface area contributed by atoms with Crippen molar-refractivity contribution in [3.05, 3.63) is 101 Å². The molecule has 3 N–H and O–H groups in total. The zero-order valence-corrected chi connectivity index (χ0v) is 18.5. The number of aldehydes is 1. The third-order valence-corrected chi connectivity index (χ3v) is 6.16. The van der Waals surface area contributed by atoms with Crippen LogP contribution in [0.2, 0.25) is 0 Å². The Morgan fingerprint density at radius 3 is 2.32 bits per heavy atom. The first-order chi connectivity index (χ1) is 16.2. The minimum Gasteiger partial charge on any atom is -0.321 e. The molecule has 34 heavy (non-hydrogen) atoms. The van der Waals surface area contributed by atoms with Crippen LogP contribution in [0.5, 0.6) is 0 Å². The van der Waals surface area contributed by atoms with Crippen LogP contribution in [0.3, 0.4) is 0 Å². The summed E-state index contributed by atoms with van der Waals surface area (Å²) in [5, 5.41) is 0. The van der Waals surface area contributed by atoms with Crippen LogP contribution < -0.4 is 10.5 Å². The highest BCUT2D eigenvalue weighted by atomic mass is 32.2. The van der Waals surface area contributed by atoms with Crippen molar-refractivity contribution in [2.24, 2.45) is 5.73 Å². The van der Waals surface area contributed by atoms with Crippen molar-refractivity contribution in [3.8, 4) is 11.8 Å². The molecule has 0 aromatic heterocycles. The van der Waals surface area contributed by atoms with E-state index in [9.17, 15) is 27.2 Å². The largest absolute Gasteiger partial charge is 0.321 e. The first-order valence-electron chi connectivity index (χ1n) is 9.97. The van der Waals surface area contributed by atoms with Gasteiger partial charge in [0.15, 0.2) is 6.29 Å². The minimum absolute atomic E-state index is 0.0743. The number of carbonyl (C=O) groups excluding carboxylic acids is 3. The number of ketones is 1. The summed E-state index contributed by atoms with van der Waals surface area (Å²) in [6, 6.07) is 16.2. The fraction of sp³-hybridized carbons (Fsp3) is 0.0800. The predicted molar refractivity (Wildman–Crippen MR) is 123 cm³/mol. The fourth-order valence-corrected chi connectivity index (χ4v) is 4.24. The van der Waals surface area contributed by atoms with E-state index in [1.54, 1.807) is 18.2 Å². The average molecular weight is 479 g/mol. The summed E-state index contributed by atoms with van der Waals surface area (Å²) in [5.41, 5.74) is 6.95. The Hall–Kier alpha value is -4.13. The molecule has 0 aliphatic carbocycles. The van der Waals surface area contributed by atoms with E-state index < -0.39 is 33.6 Å². The van der Waals surface area contributed by atoms with Gasteiger partial charge in [-0.2, -0.15) is 0 Å². The van der Waals surface area contributed by atoms with Gasteiger partial charge in [-0.15, -0.1) is 0 Å². The van der Waals surface area contributed by atoms with Crippen LogP contribution in [-0.4, -0.2) is 32.4 Å². The quantitative estimate of drug-likeness (QED) is 0.304. The van der Waals surface area contributed by atoms with E-state index in [2.05, 4.69) is 11.8 Å². The van der Waals surface area contributed by atoms with Crippen LogP contribution in [-0.2, 0) is 26.0 Å². The number of benzene rings is 3. The first-order valence-corrected chi connectivity index (χ1v) is 11.5. The third-order valence-electron chi connectivity index (χ3n) is 4.73.